The third kappa shape index (κ3) is 2.26. The molecule has 0 bridgehead atoms. The fraction of sp³-hybridized carbons (Fsp3) is 0.364. The SMILES string of the molecule is O=C(NC1(CO)CC1)c1ccccc1[N+](=O)[O-]. The van der Waals surface area contributed by atoms with Gasteiger partial charge >= 0.3 is 0 Å². The Hall–Kier alpha value is -1.95. The molecule has 0 spiro atoms. The highest BCUT2D eigenvalue weighted by Crippen LogP contribution is 2.35. The van der Waals surface area contributed by atoms with Crippen molar-refractivity contribution in [3.63, 3.8) is 0 Å². The van der Waals surface area contributed by atoms with Gasteiger partial charge in [0.2, 0.25) is 0 Å². The van der Waals surface area contributed by atoms with Crippen molar-refractivity contribution in [1.82, 2.24) is 5.32 Å². The van der Waals surface area contributed by atoms with E-state index in [0.29, 0.717) is 12.8 Å². The summed E-state index contributed by atoms with van der Waals surface area (Å²) in [5.74, 6) is -0.510. The summed E-state index contributed by atoms with van der Waals surface area (Å²) in [6, 6.07) is 5.77. The van der Waals surface area contributed by atoms with Gasteiger partial charge in [-0.25, -0.2) is 0 Å². The van der Waals surface area contributed by atoms with Gasteiger partial charge in [-0.15, -0.1) is 0 Å². The molecule has 0 atom stereocenters. The Morgan fingerprint density at radius 1 is 1.47 bits per heavy atom. The molecule has 1 aliphatic carbocycles. The molecule has 1 aromatic rings. The van der Waals surface area contributed by atoms with Crippen LogP contribution < -0.4 is 5.32 Å². The zero-order chi connectivity index (χ0) is 12.5. The molecular formula is C11H12N2O4. The third-order valence-electron chi connectivity index (χ3n) is 2.88. The van der Waals surface area contributed by atoms with Gasteiger partial charge in [-0.05, 0) is 18.9 Å². The lowest BCUT2D eigenvalue weighted by Crippen LogP contribution is -2.39. The van der Waals surface area contributed by atoms with E-state index in [9.17, 15) is 14.9 Å². The Morgan fingerprint density at radius 3 is 2.65 bits per heavy atom. The monoisotopic (exact) mass is 236 g/mol. The van der Waals surface area contributed by atoms with E-state index in [1.54, 1.807) is 6.07 Å². The van der Waals surface area contributed by atoms with Crippen molar-refractivity contribution in [2.75, 3.05) is 6.61 Å². The van der Waals surface area contributed by atoms with E-state index in [2.05, 4.69) is 5.32 Å². The van der Waals surface area contributed by atoms with Gasteiger partial charge in [0.15, 0.2) is 0 Å². The van der Waals surface area contributed by atoms with Crippen LogP contribution in [0.1, 0.15) is 23.2 Å². The van der Waals surface area contributed by atoms with Gasteiger partial charge < -0.3 is 10.4 Å². The summed E-state index contributed by atoms with van der Waals surface area (Å²) in [7, 11) is 0. The van der Waals surface area contributed by atoms with Crippen LogP contribution in [0.15, 0.2) is 24.3 Å². The Balaban J connectivity index is 2.22. The number of carbonyl (C=O) groups is 1. The summed E-state index contributed by atoms with van der Waals surface area (Å²) >= 11 is 0. The molecule has 0 unspecified atom stereocenters. The topological polar surface area (TPSA) is 92.5 Å². The van der Waals surface area contributed by atoms with E-state index in [-0.39, 0.29) is 17.9 Å². The molecule has 1 amide bonds. The van der Waals surface area contributed by atoms with Crippen molar-refractivity contribution in [2.24, 2.45) is 0 Å². The largest absolute Gasteiger partial charge is 0.394 e. The number of hydrogen-bond acceptors (Lipinski definition) is 4. The van der Waals surface area contributed by atoms with Crippen LogP contribution >= 0.6 is 0 Å². The molecule has 1 saturated carbocycles. The zero-order valence-corrected chi connectivity index (χ0v) is 9.05. The molecular weight excluding hydrogens is 224 g/mol. The van der Waals surface area contributed by atoms with Gasteiger partial charge in [0.1, 0.15) is 5.56 Å². The number of nitrogens with one attached hydrogen (secondary N) is 1. The minimum absolute atomic E-state index is 0.0252. The molecule has 90 valence electrons. The lowest BCUT2D eigenvalue weighted by atomic mass is 10.1. The van der Waals surface area contributed by atoms with Crippen LogP contribution in [-0.4, -0.2) is 28.1 Å². The summed E-state index contributed by atoms with van der Waals surface area (Å²) in [6.45, 7) is -0.140. The first-order valence-electron chi connectivity index (χ1n) is 5.25. The molecule has 0 aliphatic heterocycles. The van der Waals surface area contributed by atoms with Gasteiger partial charge in [-0.1, -0.05) is 12.1 Å². The standard InChI is InChI=1S/C11H12N2O4/c14-7-11(5-6-11)12-10(15)8-3-1-2-4-9(8)13(16)17/h1-4,14H,5-7H2,(H,12,15). The second kappa shape index (κ2) is 4.14. The second-order valence-corrected chi connectivity index (χ2v) is 4.17. The summed E-state index contributed by atoms with van der Waals surface area (Å²) in [5, 5.41) is 22.5. The molecule has 0 heterocycles. The first-order chi connectivity index (χ1) is 8.08. The van der Waals surface area contributed by atoms with Gasteiger partial charge in [0.25, 0.3) is 11.6 Å². The van der Waals surface area contributed by atoms with Crippen LogP contribution in [0.3, 0.4) is 0 Å². The first kappa shape index (κ1) is 11.5. The predicted molar refractivity (Wildman–Crippen MR) is 59.6 cm³/mol. The van der Waals surface area contributed by atoms with E-state index < -0.39 is 16.4 Å². The quantitative estimate of drug-likeness (QED) is 0.598. The number of carbonyl (C=O) groups excluding carboxylic acids is 1. The Bertz CT molecular complexity index is 468. The maximum atomic E-state index is 11.9. The van der Waals surface area contributed by atoms with Gasteiger partial charge in [0, 0.05) is 6.07 Å². The maximum absolute atomic E-state index is 11.9. The number of benzene rings is 1. The van der Waals surface area contributed by atoms with Gasteiger partial charge in [-0.3, -0.25) is 14.9 Å². The Kier molecular flexibility index (Phi) is 2.81. The van der Waals surface area contributed by atoms with Crippen LogP contribution in [0, 0.1) is 10.1 Å². The lowest BCUT2D eigenvalue weighted by molar-refractivity contribution is -0.385. The smallest absolute Gasteiger partial charge is 0.282 e. The zero-order valence-electron chi connectivity index (χ0n) is 9.05. The Morgan fingerprint density at radius 2 is 2.12 bits per heavy atom. The van der Waals surface area contributed by atoms with Gasteiger partial charge in [-0.2, -0.15) is 0 Å². The molecule has 1 fully saturated rings. The Labute approximate surface area is 97.4 Å². The van der Waals surface area contributed by atoms with Crippen molar-refractivity contribution < 1.29 is 14.8 Å². The lowest BCUT2D eigenvalue weighted by Gasteiger charge is -2.13. The highest BCUT2D eigenvalue weighted by molar-refractivity contribution is 5.98. The molecule has 6 heteroatoms. The molecule has 2 N–H and O–H groups in total. The predicted octanol–water partition coefficient (Wildman–Crippen LogP) is 0.849. The van der Waals surface area contributed by atoms with Crippen LogP contribution in [0.2, 0.25) is 0 Å². The molecule has 2 rings (SSSR count). The first-order valence-corrected chi connectivity index (χ1v) is 5.25. The van der Waals surface area contributed by atoms with Crippen LogP contribution in [-0.2, 0) is 0 Å². The number of para-hydroxylation sites is 1. The highest BCUT2D eigenvalue weighted by Gasteiger charge is 2.44. The fourth-order valence-corrected chi connectivity index (χ4v) is 1.61. The highest BCUT2D eigenvalue weighted by atomic mass is 16.6. The number of nitro benzene ring substituents is 1. The average molecular weight is 236 g/mol. The van der Waals surface area contributed by atoms with Crippen LogP contribution in [0.4, 0.5) is 5.69 Å². The number of nitro groups is 1. The third-order valence-corrected chi connectivity index (χ3v) is 2.88. The van der Waals surface area contributed by atoms with Crippen molar-refractivity contribution in [2.45, 2.75) is 18.4 Å². The maximum Gasteiger partial charge on any atom is 0.282 e. The molecule has 1 aliphatic rings. The van der Waals surface area contributed by atoms with Crippen LogP contribution in [0.5, 0.6) is 0 Å². The number of aliphatic hydroxyl groups is 1. The molecule has 17 heavy (non-hydrogen) atoms. The summed E-state index contributed by atoms with van der Waals surface area (Å²) in [4.78, 5) is 22.0. The number of aliphatic hydroxyl groups excluding tert-OH is 1. The van der Waals surface area contributed by atoms with E-state index >= 15 is 0 Å². The van der Waals surface area contributed by atoms with Gasteiger partial charge in [0.05, 0.1) is 17.1 Å². The van der Waals surface area contributed by atoms with E-state index in [1.165, 1.54) is 18.2 Å². The van der Waals surface area contributed by atoms with E-state index in [0.717, 1.165) is 0 Å². The second-order valence-electron chi connectivity index (χ2n) is 4.17. The van der Waals surface area contributed by atoms with Crippen molar-refractivity contribution in [3.05, 3.63) is 39.9 Å². The number of rotatable bonds is 4. The minimum atomic E-state index is -0.590. The molecule has 0 radical (unpaired) electrons. The van der Waals surface area contributed by atoms with Crippen molar-refractivity contribution >= 4 is 11.6 Å². The van der Waals surface area contributed by atoms with Crippen molar-refractivity contribution in [1.29, 1.82) is 0 Å². The summed E-state index contributed by atoms with van der Waals surface area (Å²) in [5.41, 5.74) is -0.767. The molecule has 0 aromatic heterocycles. The number of amides is 1. The number of hydrogen-bond donors (Lipinski definition) is 2. The molecule has 6 nitrogen and oxygen atoms in total. The summed E-state index contributed by atoms with van der Waals surface area (Å²) < 4.78 is 0. The van der Waals surface area contributed by atoms with E-state index in [1.807, 2.05) is 0 Å². The minimum Gasteiger partial charge on any atom is -0.394 e. The number of nitrogens with zero attached hydrogens (tertiary/aromatic N) is 1. The van der Waals surface area contributed by atoms with Crippen LogP contribution in [0.25, 0.3) is 0 Å². The van der Waals surface area contributed by atoms with Crippen molar-refractivity contribution in [3.8, 4) is 0 Å². The average Bonchev–Trinajstić information content (AvgIpc) is 3.09. The summed E-state index contributed by atoms with van der Waals surface area (Å²) in [6.07, 6.45) is 1.41. The molecule has 1 aromatic carbocycles. The fourth-order valence-electron chi connectivity index (χ4n) is 1.61. The van der Waals surface area contributed by atoms with E-state index in [4.69, 9.17) is 5.11 Å². The molecule has 0 saturated heterocycles. The normalized spacial score (nSPS) is 16.3.